The molecule has 1 aliphatic rings. The molecule has 0 saturated heterocycles. The van der Waals surface area contributed by atoms with E-state index in [1.165, 1.54) is 25.0 Å². The van der Waals surface area contributed by atoms with Gasteiger partial charge in [0, 0.05) is 24.6 Å². The fraction of sp³-hybridized carbons (Fsp3) is 0.588. The third-order valence-corrected chi connectivity index (χ3v) is 4.31. The zero-order chi connectivity index (χ0) is 15.9. The molecule has 0 aromatic heterocycles. The Kier molecular flexibility index (Phi) is 6.31. The highest BCUT2D eigenvalue weighted by Crippen LogP contribution is 2.26. The summed E-state index contributed by atoms with van der Waals surface area (Å²) in [6.45, 7) is 1.12. The van der Waals surface area contributed by atoms with Crippen LogP contribution in [0.25, 0.3) is 0 Å². The molecule has 0 radical (unpaired) electrons. The van der Waals surface area contributed by atoms with Gasteiger partial charge >= 0.3 is 5.97 Å². The normalized spacial score (nSPS) is 15.6. The van der Waals surface area contributed by atoms with Gasteiger partial charge in [-0.1, -0.05) is 12.8 Å². The van der Waals surface area contributed by atoms with E-state index < -0.39 is 11.8 Å². The number of carbonyl (C=O) groups is 1. The molecule has 0 amide bonds. The van der Waals surface area contributed by atoms with E-state index in [-0.39, 0.29) is 12.2 Å². The average Bonchev–Trinajstić information content (AvgIpc) is 2.99. The minimum Gasteiger partial charge on any atom is -0.481 e. The Morgan fingerprint density at radius 1 is 1.23 bits per heavy atom. The molecule has 1 aromatic carbocycles. The zero-order valence-corrected chi connectivity index (χ0v) is 12.7. The molecule has 0 spiro atoms. The molecule has 1 aliphatic carbocycles. The average molecular weight is 311 g/mol. The number of carboxylic acid groups (broad SMARTS) is 1. The van der Waals surface area contributed by atoms with Crippen molar-refractivity contribution in [2.75, 3.05) is 6.54 Å². The first-order chi connectivity index (χ1) is 10.6. The van der Waals surface area contributed by atoms with Gasteiger partial charge in [0.15, 0.2) is 0 Å². The number of hydrogen-bond donors (Lipinski definition) is 1. The maximum atomic E-state index is 13.8. The van der Waals surface area contributed by atoms with Gasteiger partial charge in [0.2, 0.25) is 0 Å². The smallest absolute Gasteiger partial charge is 0.303 e. The summed E-state index contributed by atoms with van der Waals surface area (Å²) in [5.74, 6) is -1.59. The van der Waals surface area contributed by atoms with E-state index in [2.05, 4.69) is 4.90 Å². The van der Waals surface area contributed by atoms with E-state index in [0.717, 1.165) is 31.9 Å². The van der Waals surface area contributed by atoms with Gasteiger partial charge in [-0.25, -0.2) is 8.78 Å². The summed E-state index contributed by atoms with van der Waals surface area (Å²) in [6, 6.07) is 3.95. The largest absolute Gasteiger partial charge is 0.481 e. The molecule has 3 nitrogen and oxygen atoms in total. The lowest BCUT2D eigenvalue weighted by molar-refractivity contribution is -0.137. The second kappa shape index (κ2) is 8.22. The molecule has 0 atom stereocenters. The van der Waals surface area contributed by atoms with Crippen LogP contribution in [0.2, 0.25) is 0 Å². The van der Waals surface area contributed by atoms with E-state index in [1.807, 2.05) is 0 Å². The van der Waals surface area contributed by atoms with Crippen molar-refractivity contribution in [3.63, 3.8) is 0 Å². The first kappa shape index (κ1) is 16.9. The van der Waals surface area contributed by atoms with Gasteiger partial charge in [-0.2, -0.15) is 0 Å². The van der Waals surface area contributed by atoms with Gasteiger partial charge in [-0.15, -0.1) is 0 Å². The second-order valence-corrected chi connectivity index (χ2v) is 6.00. The third kappa shape index (κ3) is 5.05. The van der Waals surface area contributed by atoms with E-state index in [0.29, 0.717) is 24.6 Å². The number of benzene rings is 1. The van der Waals surface area contributed by atoms with Crippen molar-refractivity contribution >= 4 is 5.97 Å². The number of aliphatic carboxylic acids is 1. The first-order valence-corrected chi connectivity index (χ1v) is 7.96. The maximum absolute atomic E-state index is 13.8. The Balaban J connectivity index is 1.97. The van der Waals surface area contributed by atoms with Crippen LogP contribution < -0.4 is 0 Å². The van der Waals surface area contributed by atoms with Crippen molar-refractivity contribution in [2.24, 2.45) is 0 Å². The van der Waals surface area contributed by atoms with Crippen LogP contribution in [0.3, 0.4) is 0 Å². The highest BCUT2D eigenvalue weighted by atomic mass is 19.1. The number of halogens is 2. The van der Waals surface area contributed by atoms with Gasteiger partial charge in [0.05, 0.1) is 0 Å². The summed E-state index contributed by atoms with van der Waals surface area (Å²) in [4.78, 5) is 12.8. The molecule has 0 unspecified atom stereocenters. The number of unbranched alkanes of at least 4 members (excludes halogenated alkanes) is 1. The number of rotatable bonds is 8. The van der Waals surface area contributed by atoms with Crippen LogP contribution in [-0.2, 0) is 11.3 Å². The summed E-state index contributed by atoms with van der Waals surface area (Å²) in [5.41, 5.74) is 0.380. The molecule has 0 bridgehead atoms. The van der Waals surface area contributed by atoms with E-state index in [1.54, 1.807) is 0 Å². The van der Waals surface area contributed by atoms with Crippen molar-refractivity contribution < 1.29 is 18.7 Å². The van der Waals surface area contributed by atoms with Crippen LogP contribution in [0.4, 0.5) is 8.78 Å². The Hall–Kier alpha value is -1.49. The maximum Gasteiger partial charge on any atom is 0.303 e. The van der Waals surface area contributed by atoms with Crippen molar-refractivity contribution in [2.45, 2.75) is 57.5 Å². The van der Waals surface area contributed by atoms with E-state index in [9.17, 15) is 13.6 Å². The minimum atomic E-state index is -0.788. The first-order valence-electron chi connectivity index (χ1n) is 7.96. The fourth-order valence-corrected chi connectivity index (χ4v) is 3.13. The van der Waals surface area contributed by atoms with Crippen LogP contribution in [-0.4, -0.2) is 28.6 Å². The topological polar surface area (TPSA) is 40.5 Å². The molecule has 0 aliphatic heterocycles. The molecule has 1 fully saturated rings. The van der Waals surface area contributed by atoms with Crippen LogP contribution in [0, 0.1) is 11.6 Å². The summed E-state index contributed by atoms with van der Waals surface area (Å²) in [5, 5.41) is 8.69. The lowest BCUT2D eigenvalue weighted by Crippen LogP contribution is -2.34. The highest BCUT2D eigenvalue weighted by molar-refractivity contribution is 5.66. The van der Waals surface area contributed by atoms with Gasteiger partial charge in [0.25, 0.3) is 0 Å². The molecule has 1 saturated carbocycles. The Morgan fingerprint density at radius 2 is 1.95 bits per heavy atom. The van der Waals surface area contributed by atoms with Crippen molar-refractivity contribution in [3.8, 4) is 0 Å². The van der Waals surface area contributed by atoms with Crippen molar-refractivity contribution in [3.05, 3.63) is 35.4 Å². The Bertz CT molecular complexity index is 501. The molecule has 5 heteroatoms. The van der Waals surface area contributed by atoms with Crippen molar-refractivity contribution in [1.82, 2.24) is 4.90 Å². The zero-order valence-electron chi connectivity index (χ0n) is 12.7. The van der Waals surface area contributed by atoms with Gasteiger partial charge < -0.3 is 5.11 Å². The molecule has 1 N–H and O–H groups in total. The number of hydrogen-bond acceptors (Lipinski definition) is 2. The summed E-state index contributed by atoms with van der Waals surface area (Å²) in [7, 11) is 0. The lowest BCUT2D eigenvalue weighted by Gasteiger charge is -2.29. The lowest BCUT2D eigenvalue weighted by atomic mass is 10.1. The summed E-state index contributed by atoms with van der Waals surface area (Å²) < 4.78 is 27.2. The van der Waals surface area contributed by atoms with Gasteiger partial charge in [0.1, 0.15) is 11.6 Å². The standard InChI is InChI=1S/C17H23F2NO2/c18-14-8-9-16(19)13(11-14)12-20(15-5-1-2-6-15)10-4-3-7-17(21)22/h8-9,11,15H,1-7,10,12H2,(H,21,22). The van der Waals surface area contributed by atoms with Crippen LogP contribution in [0.1, 0.15) is 50.5 Å². The highest BCUT2D eigenvalue weighted by Gasteiger charge is 2.23. The van der Waals surface area contributed by atoms with Crippen molar-refractivity contribution in [1.29, 1.82) is 0 Å². The number of nitrogens with zero attached hydrogens (tertiary/aromatic N) is 1. The quantitative estimate of drug-likeness (QED) is 0.739. The third-order valence-electron chi connectivity index (χ3n) is 4.31. The number of carboxylic acids is 1. The fourth-order valence-electron chi connectivity index (χ4n) is 3.13. The molecule has 1 aromatic rings. The molecule has 0 heterocycles. The van der Waals surface area contributed by atoms with Crippen LogP contribution in [0.15, 0.2) is 18.2 Å². The predicted molar refractivity (Wildman–Crippen MR) is 80.5 cm³/mol. The monoisotopic (exact) mass is 311 g/mol. The second-order valence-electron chi connectivity index (χ2n) is 6.00. The van der Waals surface area contributed by atoms with Crippen LogP contribution >= 0.6 is 0 Å². The van der Waals surface area contributed by atoms with E-state index in [4.69, 9.17) is 5.11 Å². The summed E-state index contributed by atoms with van der Waals surface area (Å²) in [6.07, 6.45) is 6.03. The van der Waals surface area contributed by atoms with E-state index >= 15 is 0 Å². The summed E-state index contributed by atoms with van der Waals surface area (Å²) >= 11 is 0. The minimum absolute atomic E-state index is 0.160. The molecule has 2 rings (SSSR count). The molecule has 122 valence electrons. The Labute approximate surface area is 129 Å². The Morgan fingerprint density at radius 3 is 2.64 bits per heavy atom. The SMILES string of the molecule is O=C(O)CCCCN(Cc1cc(F)ccc1F)C1CCCC1. The van der Waals surface area contributed by atoms with Crippen LogP contribution in [0.5, 0.6) is 0 Å². The molecule has 22 heavy (non-hydrogen) atoms. The predicted octanol–water partition coefficient (Wildman–Crippen LogP) is 3.96. The van der Waals surface area contributed by atoms with Gasteiger partial charge in [-0.05, 0) is 50.4 Å². The van der Waals surface area contributed by atoms with Gasteiger partial charge in [-0.3, -0.25) is 9.69 Å². The molecular weight excluding hydrogens is 288 g/mol. The molecular formula is C17H23F2NO2.